The van der Waals surface area contributed by atoms with Crippen molar-refractivity contribution in [3.63, 3.8) is 0 Å². The third-order valence-corrected chi connectivity index (χ3v) is 3.08. The average molecular weight is 309 g/mol. The zero-order chi connectivity index (χ0) is 15.2. The van der Waals surface area contributed by atoms with Crippen LogP contribution in [-0.4, -0.2) is 12.9 Å². The molecule has 2 aromatic rings. The van der Waals surface area contributed by atoms with Gasteiger partial charge < -0.3 is 9.47 Å². The predicted molar refractivity (Wildman–Crippen MR) is 78.7 cm³/mol. The minimum atomic E-state index is -0.351. The minimum Gasteiger partial charge on any atom is -0.490 e. The van der Waals surface area contributed by atoms with E-state index in [0.29, 0.717) is 35.5 Å². The predicted octanol–water partition coefficient (Wildman–Crippen LogP) is 4.27. The van der Waals surface area contributed by atoms with Gasteiger partial charge in [0.05, 0.1) is 11.6 Å². The number of aldehydes is 1. The molecule has 2 rings (SSSR count). The highest BCUT2D eigenvalue weighted by molar-refractivity contribution is 6.32. The fraction of sp³-hybridized carbons (Fsp3) is 0.188. The van der Waals surface area contributed by atoms with Gasteiger partial charge in [-0.05, 0) is 25.1 Å². The summed E-state index contributed by atoms with van der Waals surface area (Å²) in [7, 11) is 0. The molecule has 0 radical (unpaired) electrons. The summed E-state index contributed by atoms with van der Waals surface area (Å²) in [6.07, 6.45) is 0.676. The summed E-state index contributed by atoms with van der Waals surface area (Å²) in [6.45, 7) is 2.23. The summed E-state index contributed by atoms with van der Waals surface area (Å²) in [4.78, 5) is 10.8. The number of rotatable bonds is 6. The van der Waals surface area contributed by atoms with Crippen LogP contribution in [0.2, 0.25) is 5.02 Å². The van der Waals surface area contributed by atoms with E-state index in [-0.39, 0.29) is 17.4 Å². The lowest BCUT2D eigenvalue weighted by atomic mass is 10.2. The molecule has 0 amide bonds. The van der Waals surface area contributed by atoms with Crippen molar-refractivity contribution in [1.29, 1.82) is 0 Å². The number of halogens is 2. The van der Waals surface area contributed by atoms with E-state index in [1.165, 1.54) is 12.1 Å². The third kappa shape index (κ3) is 3.73. The van der Waals surface area contributed by atoms with Gasteiger partial charge in [-0.1, -0.05) is 29.8 Å². The molecule has 3 nitrogen and oxygen atoms in total. The summed E-state index contributed by atoms with van der Waals surface area (Å²) in [6, 6.07) is 9.34. The first-order chi connectivity index (χ1) is 10.2. The van der Waals surface area contributed by atoms with E-state index < -0.39 is 0 Å². The standard InChI is InChI=1S/C16H14ClFO3/c1-2-20-15-8-11(9-19)7-13(17)16(15)21-10-12-5-3-4-6-14(12)18/h3-9H,2,10H2,1H3. The van der Waals surface area contributed by atoms with E-state index in [0.717, 1.165) is 0 Å². The molecule has 0 heterocycles. The van der Waals surface area contributed by atoms with Crippen LogP contribution in [0.1, 0.15) is 22.8 Å². The van der Waals surface area contributed by atoms with Gasteiger partial charge in [-0.25, -0.2) is 4.39 Å². The molecular weight excluding hydrogens is 295 g/mol. The molecule has 0 aliphatic carbocycles. The maximum Gasteiger partial charge on any atom is 0.180 e. The Labute approximate surface area is 127 Å². The van der Waals surface area contributed by atoms with Crippen molar-refractivity contribution in [2.45, 2.75) is 13.5 Å². The number of carbonyl (C=O) groups excluding carboxylic acids is 1. The Morgan fingerprint density at radius 1 is 1.24 bits per heavy atom. The second-order valence-electron chi connectivity index (χ2n) is 4.26. The van der Waals surface area contributed by atoms with Gasteiger partial charge in [-0.15, -0.1) is 0 Å². The lowest BCUT2D eigenvalue weighted by Crippen LogP contribution is -2.02. The first-order valence-electron chi connectivity index (χ1n) is 6.43. The zero-order valence-corrected chi connectivity index (χ0v) is 12.2. The van der Waals surface area contributed by atoms with Crippen molar-refractivity contribution < 1.29 is 18.7 Å². The molecule has 0 saturated carbocycles. The van der Waals surface area contributed by atoms with E-state index in [2.05, 4.69) is 0 Å². The molecule has 0 spiro atoms. The Hall–Kier alpha value is -2.07. The normalized spacial score (nSPS) is 10.2. The molecule has 2 aromatic carbocycles. The molecule has 0 aliphatic rings. The van der Waals surface area contributed by atoms with Gasteiger partial charge in [0.2, 0.25) is 0 Å². The van der Waals surface area contributed by atoms with Crippen molar-refractivity contribution in [3.05, 3.63) is 58.4 Å². The summed E-state index contributed by atoms with van der Waals surface area (Å²) in [5.41, 5.74) is 0.803. The van der Waals surface area contributed by atoms with Gasteiger partial charge in [0.25, 0.3) is 0 Å². The summed E-state index contributed by atoms with van der Waals surface area (Å²) >= 11 is 6.10. The molecular formula is C16H14ClFO3. The van der Waals surface area contributed by atoms with Gasteiger partial charge >= 0.3 is 0 Å². The molecule has 0 aromatic heterocycles. The molecule has 0 unspecified atom stereocenters. The van der Waals surface area contributed by atoms with E-state index in [9.17, 15) is 9.18 Å². The molecule has 5 heteroatoms. The first-order valence-corrected chi connectivity index (χ1v) is 6.81. The van der Waals surface area contributed by atoms with E-state index >= 15 is 0 Å². The van der Waals surface area contributed by atoms with E-state index in [1.807, 2.05) is 6.92 Å². The van der Waals surface area contributed by atoms with Gasteiger partial charge in [-0.3, -0.25) is 4.79 Å². The van der Waals surface area contributed by atoms with Crippen LogP contribution in [0.3, 0.4) is 0 Å². The maximum atomic E-state index is 13.6. The SMILES string of the molecule is CCOc1cc(C=O)cc(Cl)c1OCc1ccccc1F. The highest BCUT2D eigenvalue weighted by atomic mass is 35.5. The molecule has 110 valence electrons. The van der Waals surface area contributed by atoms with Crippen LogP contribution in [-0.2, 0) is 6.61 Å². The number of ether oxygens (including phenoxy) is 2. The Kier molecular flexibility index (Phi) is 5.17. The van der Waals surface area contributed by atoms with Gasteiger partial charge in [-0.2, -0.15) is 0 Å². The number of carbonyl (C=O) groups is 1. The zero-order valence-electron chi connectivity index (χ0n) is 11.4. The van der Waals surface area contributed by atoms with Crippen molar-refractivity contribution in [2.24, 2.45) is 0 Å². The van der Waals surface area contributed by atoms with Crippen molar-refractivity contribution in [1.82, 2.24) is 0 Å². The van der Waals surface area contributed by atoms with Gasteiger partial charge in [0.1, 0.15) is 18.7 Å². The quantitative estimate of drug-likeness (QED) is 0.748. The lowest BCUT2D eigenvalue weighted by molar-refractivity contribution is 0.112. The van der Waals surface area contributed by atoms with E-state index in [4.69, 9.17) is 21.1 Å². The minimum absolute atomic E-state index is 0.0207. The number of hydrogen-bond acceptors (Lipinski definition) is 3. The van der Waals surface area contributed by atoms with Crippen molar-refractivity contribution in [2.75, 3.05) is 6.61 Å². The van der Waals surface area contributed by atoms with Crippen LogP contribution < -0.4 is 9.47 Å². The molecule has 0 saturated heterocycles. The fourth-order valence-electron chi connectivity index (χ4n) is 1.82. The van der Waals surface area contributed by atoms with Crippen LogP contribution in [0.4, 0.5) is 4.39 Å². The molecule has 0 atom stereocenters. The van der Waals surface area contributed by atoms with Crippen LogP contribution in [0, 0.1) is 5.82 Å². The second-order valence-corrected chi connectivity index (χ2v) is 4.67. The fourth-order valence-corrected chi connectivity index (χ4v) is 2.10. The molecule has 0 bridgehead atoms. The Balaban J connectivity index is 2.26. The Morgan fingerprint density at radius 3 is 2.67 bits per heavy atom. The van der Waals surface area contributed by atoms with Gasteiger partial charge in [0, 0.05) is 11.1 Å². The highest BCUT2D eigenvalue weighted by Crippen LogP contribution is 2.37. The second kappa shape index (κ2) is 7.09. The van der Waals surface area contributed by atoms with E-state index in [1.54, 1.807) is 24.3 Å². The molecule has 0 fully saturated rings. The van der Waals surface area contributed by atoms with Crippen molar-refractivity contribution >= 4 is 17.9 Å². The molecule has 0 N–H and O–H groups in total. The van der Waals surface area contributed by atoms with Crippen LogP contribution >= 0.6 is 11.6 Å². The number of hydrogen-bond donors (Lipinski definition) is 0. The highest BCUT2D eigenvalue weighted by Gasteiger charge is 2.13. The smallest absolute Gasteiger partial charge is 0.180 e. The van der Waals surface area contributed by atoms with Crippen LogP contribution in [0.25, 0.3) is 0 Å². The maximum absolute atomic E-state index is 13.6. The largest absolute Gasteiger partial charge is 0.490 e. The van der Waals surface area contributed by atoms with Gasteiger partial charge in [0.15, 0.2) is 11.5 Å². The monoisotopic (exact) mass is 308 g/mol. The lowest BCUT2D eigenvalue weighted by Gasteiger charge is -2.14. The summed E-state index contributed by atoms with van der Waals surface area (Å²) in [5.74, 6) is 0.312. The molecule has 0 aliphatic heterocycles. The first kappa shape index (κ1) is 15.3. The average Bonchev–Trinajstić information content (AvgIpc) is 2.48. The van der Waals surface area contributed by atoms with Crippen LogP contribution in [0.5, 0.6) is 11.5 Å². The summed E-state index contributed by atoms with van der Waals surface area (Å²) in [5, 5.41) is 0.249. The Morgan fingerprint density at radius 2 is 2.00 bits per heavy atom. The summed E-state index contributed by atoms with van der Waals surface area (Å²) < 4.78 is 24.6. The van der Waals surface area contributed by atoms with Crippen LogP contribution in [0.15, 0.2) is 36.4 Å². The Bertz CT molecular complexity index is 643. The van der Waals surface area contributed by atoms with Crippen molar-refractivity contribution in [3.8, 4) is 11.5 Å². The third-order valence-electron chi connectivity index (χ3n) is 2.80. The topological polar surface area (TPSA) is 35.5 Å². The molecule has 21 heavy (non-hydrogen) atoms. The number of benzene rings is 2.